The molecule has 0 aliphatic heterocycles. The number of carbonyl (C=O) groups excluding carboxylic acids is 1. The van der Waals surface area contributed by atoms with E-state index < -0.39 is 11.2 Å². The number of nitrogens with zero attached hydrogens (tertiary/aromatic N) is 2. The monoisotopic (exact) mass is 403 g/mol. The summed E-state index contributed by atoms with van der Waals surface area (Å²) in [5.74, 6) is 0.521. The van der Waals surface area contributed by atoms with Gasteiger partial charge < -0.3 is 14.1 Å². The van der Waals surface area contributed by atoms with Crippen molar-refractivity contribution in [1.29, 1.82) is 0 Å². The second kappa shape index (κ2) is 8.04. The van der Waals surface area contributed by atoms with Gasteiger partial charge in [0.25, 0.3) is 5.56 Å². The number of H-pyrrole nitrogens is 1. The van der Waals surface area contributed by atoms with Crippen molar-refractivity contribution in [3.05, 3.63) is 92.8 Å². The fourth-order valence-corrected chi connectivity index (χ4v) is 2.93. The highest BCUT2D eigenvalue weighted by Gasteiger charge is 2.09. The highest BCUT2D eigenvalue weighted by Crippen LogP contribution is 2.22. The molecule has 0 saturated carbocycles. The van der Waals surface area contributed by atoms with E-state index in [1.807, 2.05) is 0 Å². The van der Waals surface area contributed by atoms with E-state index in [2.05, 4.69) is 10.1 Å². The van der Waals surface area contributed by atoms with Gasteiger partial charge in [-0.1, -0.05) is 24.3 Å². The van der Waals surface area contributed by atoms with Gasteiger partial charge in [0, 0.05) is 5.56 Å². The van der Waals surface area contributed by atoms with E-state index in [1.165, 1.54) is 6.21 Å². The molecular weight excluding hydrogens is 386 g/mol. The van der Waals surface area contributed by atoms with Crippen LogP contribution < -0.4 is 11.2 Å². The summed E-state index contributed by atoms with van der Waals surface area (Å²) in [6.07, 6.45) is 1.29. The maximum atomic E-state index is 12.5. The fraction of sp³-hybridized carbons (Fsp3) is 0.0909. The lowest BCUT2D eigenvalue weighted by Gasteiger charge is -2.02. The zero-order valence-electron chi connectivity index (χ0n) is 16.0. The van der Waals surface area contributed by atoms with E-state index in [4.69, 9.17) is 9.15 Å². The molecule has 2 aromatic heterocycles. The number of aromatic nitrogens is 2. The Bertz CT molecular complexity index is 1360. The van der Waals surface area contributed by atoms with Crippen LogP contribution in [0, 0.1) is 0 Å². The van der Waals surface area contributed by atoms with Gasteiger partial charge in [-0.05, 0) is 43.3 Å². The molecule has 30 heavy (non-hydrogen) atoms. The predicted molar refractivity (Wildman–Crippen MR) is 112 cm³/mol. The number of rotatable bonds is 5. The normalized spacial score (nSPS) is 11.2. The third-order valence-electron chi connectivity index (χ3n) is 4.39. The van der Waals surface area contributed by atoms with Gasteiger partial charge in [0.2, 0.25) is 0 Å². The maximum Gasteiger partial charge on any atom is 0.349 e. The molecule has 4 rings (SSSR count). The van der Waals surface area contributed by atoms with E-state index in [9.17, 15) is 14.4 Å². The number of furan rings is 1. The minimum atomic E-state index is -0.642. The highest BCUT2D eigenvalue weighted by atomic mass is 16.5. The SMILES string of the molecule is CCOC(=O)c1ccc(-c2ccc(C=Nn3c(=O)[nH]c4ccccc4c3=O)o2)cc1. The molecule has 8 nitrogen and oxygen atoms in total. The number of benzene rings is 2. The van der Waals surface area contributed by atoms with Crippen LogP contribution >= 0.6 is 0 Å². The predicted octanol–water partition coefficient (Wildman–Crippen LogP) is 3.01. The summed E-state index contributed by atoms with van der Waals surface area (Å²) in [7, 11) is 0. The number of nitrogens with one attached hydrogen (secondary N) is 1. The van der Waals surface area contributed by atoms with Crippen molar-refractivity contribution in [3.8, 4) is 11.3 Å². The first-order valence-electron chi connectivity index (χ1n) is 9.22. The van der Waals surface area contributed by atoms with Gasteiger partial charge in [0.15, 0.2) is 0 Å². The van der Waals surface area contributed by atoms with Crippen LogP contribution in [0.15, 0.2) is 79.8 Å². The zero-order valence-corrected chi connectivity index (χ0v) is 16.0. The standard InChI is InChI=1S/C22H17N3O5/c1-2-29-21(27)15-9-7-14(8-10-15)19-12-11-16(30-19)13-23-25-20(26)17-5-3-4-6-18(17)24-22(25)28/h3-13H,2H2,1H3,(H,24,28). The summed E-state index contributed by atoms with van der Waals surface area (Å²) in [5.41, 5.74) is 0.487. The van der Waals surface area contributed by atoms with Crippen LogP contribution in [-0.4, -0.2) is 28.5 Å². The number of carbonyl (C=O) groups is 1. The van der Waals surface area contributed by atoms with Crippen LogP contribution in [0.1, 0.15) is 23.0 Å². The average molecular weight is 403 g/mol. The van der Waals surface area contributed by atoms with Crippen molar-refractivity contribution in [1.82, 2.24) is 9.66 Å². The molecular formula is C22H17N3O5. The van der Waals surface area contributed by atoms with E-state index in [0.29, 0.717) is 34.6 Å². The first kappa shape index (κ1) is 19.1. The number of fused-ring (bicyclic) bond motifs is 1. The average Bonchev–Trinajstić information content (AvgIpc) is 3.23. The van der Waals surface area contributed by atoms with Gasteiger partial charge in [-0.15, -0.1) is 4.68 Å². The lowest BCUT2D eigenvalue weighted by molar-refractivity contribution is 0.0526. The van der Waals surface area contributed by atoms with Gasteiger partial charge in [-0.25, -0.2) is 9.59 Å². The topological polar surface area (TPSA) is 107 Å². The molecule has 0 aliphatic carbocycles. The van der Waals surface area contributed by atoms with Crippen LogP contribution in [0.4, 0.5) is 0 Å². The van der Waals surface area contributed by atoms with Crippen LogP contribution in [0.3, 0.4) is 0 Å². The Balaban J connectivity index is 1.59. The van der Waals surface area contributed by atoms with E-state index in [-0.39, 0.29) is 5.97 Å². The summed E-state index contributed by atoms with van der Waals surface area (Å²) in [5, 5.41) is 4.33. The number of ether oxygens (including phenoxy) is 1. The molecule has 0 bridgehead atoms. The summed E-state index contributed by atoms with van der Waals surface area (Å²) in [6.45, 7) is 2.06. The molecule has 2 aromatic carbocycles. The highest BCUT2D eigenvalue weighted by molar-refractivity contribution is 5.90. The van der Waals surface area contributed by atoms with Crippen molar-refractivity contribution in [2.75, 3.05) is 6.61 Å². The molecule has 0 radical (unpaired) electrons. The third kappa shape index (κ3) is 3.70. The van der Waals surface area contributed by atoms with Gasteiger partial charge in [0.05, 0.1) is 29.3 Å². The molecule has 0 aliphatic rings. The molecule has 1 N–H and O–H groups in total. The van der Waals surface area contributed by atoms with Gasteiger partial charge in [-0.3, -0.25) is 4.79 Å². The summed E-state index contributed by atoms with van der Waals surface area (Å²) < 4.78 is 11.4. The number of aromatic amines is 1. The smallest absolute Gasteiger partial charge is 0.349 e. The van der Waals surface area contributed by atoms with Crippen LogP contribution in [0.5, 0.6) is 0 Å². The zero-order chi connectivity index (χ0) is 21.1. The maximum absolute atomic E-state index is 12.5. The van der Waals surface area contributed by atoms with E-state index in [1.54, 1.807) is 67.6 Å². The Morgan fingerprint density at radius 1 is 1.10 bits per heavy atom. The number of esters is 1. The lowest BCUT2D eigenvalue weighted by Crippen LogP contribution is -2.32. The molecule has 2 heterocycles. The second-order valence-electron chi connectivity index (χ2n) is 6.34. The summed E-state index contributed by atoms with van der Waals surface area (Å²) >= 11 is 0. The molecule has 8 heteroatoms. The third-order valence-corrected chi connectivity index (χ3v) is 4.39. The Labute approximate surface area is 170 Å². The fourth-order valence-electron chi connectivity index (χ4n) is 2.93. The minimum Gasteiger partial charge on any atom is -0.462 e. The Kier molecular flexibility index (Phi) is 5.13. The first-order valence-corrected chi connectivity index (χ1v) is 9.22. The van der Waals surface area contributed by atoms with E-state index >= 15 is 0 Å². The molecule has 0 atom stereocenters. The number of para-hydroxylation sites is 1. The van der Waals surface area contributed by atoms with Crippen molar-refractivity contribution >= 4 is 23.1 Å². The molecule has 150 valence electrons. The Morgan fingerprint density at radius 3 is 2.63 bits per heavy atom. The van der Waals surface area contributed by atoms with E-state index in [0.717, 1.165) is 10.2 Å². The van der Waals surface area contributed by atoms with Crippen molar-refractivity contribution in [3.63, 3.8) is 0 Å². The number of hydrogen-bond acceptors (Lipinski definition) is 6. The lowest BCUT2D eigenvalue weighted by atomic mass is 10.1. The van der Waals surface area contributed by atoms with Crippen LogP contribution in [0.25, 0.3) is 22.2 Å². The first-order chi connectivity index (χ1) is 14.6. The molecule has 0 unspecified atom stereocenters. The molecule has 4 aromatic rings. The molecule has 0 amide bonds. The van der Waals surface area contributed by atoms with Crippen LogP contribution in [0.2, 0.25) is 0 Å². The quantitative estimate of drug-likeness (QED) is 0.407. The summed E-state index contributed by atoms with van der Waals surface area (Å²) in [6, 6.07) is 16.9. The van der Waals surface area contributed by atoms with Crippen molar-refractivity contribution in [2.45, 2.75) is 6.92 Å². The van der Waals surface area contributed by atoms with Gasteiger partial charge in [0.1, 0.15) is 11.5 Å². The number of hydrogen-bond donors (Lipinski definition) is 1. The minimum absolute atomic E-state index is 0.310. The molecule has 0 saturated heterocycles. The molecule has 0 spiro atoms. The Morgan fingerprint density at radius 2 is 1.87 bits per heavy atom. The molecule has 0 fully saturated rings. The van der Waals surface area contributed by atoms with Gasteiger partial charge >= 0.3 is 11.7 Å². The Hall–Kier alpha value is -4.20. The van der Waals surface area contributed by atoms with Crippen molar-refractivity contribution < 1.29 is 13.9 Å². The summed E-state index contributed by atoms with van der Waals surface area (Å²) in [4.78, 5) is 39.0. The largest absolute Gasteiger partial charge is 0.462 e. The van der Waals surface area contributed by atoms with Crippen LogP contribution in [-0.2, 0) is 4.74 Å². The van der Waals surface area contributed by atoms with Gasteiger partial charge in [-0.2, -0.15) is 5.10 Å². The second-order valence-corrected chi connectivity index (χ2v) is 6.34. The van der Waals surface area contributed by atoms with Crippen molar-refractivity contribution in [2.24, 2.45) is 5.10 Å².